The molecule has 4 heteroatoms. The van der Waals surface area contributed by atoms with Crippen LogP contribution in [0.25, 0.3) is 11.0 Å². The Morgan fingerprint density at radius 1 is 1.19 bits per heavy atom. The van der Waals surface area contributed by atoms with E-state index in [1.165, 1.54) is 19.3 Å². The predicted molar refractivity (Wildman–Crippen MR) is 82.0 cm³/mol. The fourth-order valence-corrected chi connectivity index (χ4v) is 3.97. The predicted octanol–water partition coefficient (Wildman–Crippen LogP) is 3.42. The SMILES string of the molecule is Nc1ccc2oc(C(=O)N3CCC4CCCCC43)cc2c1. The van der Waals surface area contributed by atoms with Crippen molar-refractivity contribution >= 4 is 22.6 Å². The molecule has 21 heavy (non-hydrogen) atoms. The molecular weight excluding hydrogens is 264 g/mol. The second-order valence-corrected chi connectivity index (χ2v) is 6.31. The van der Waals surface area contributed by atoms with Crippen molar-refractivity contribution in [2.24, 2.45) is 5.92 Å². The van der Waals surface area contributed by atoms with Gasteiger partial charge in [-0.1, -0.05) is 12.8 Å². The number of hydrogen-bond acceptors (Lipinski definition) is 3. The van der Waals surface area contributed by atoms with Crippen molar-refractivity contribution in [3.63, 3.8) is 0 Å². The van der Waals surface area contributed by atoms with Crippen LogP contribution in [0.1, 0.15) is 42.7 Å². The first-order valence-electron chi connectivity index (χ1n) is 7.82. The number of nitrogens with two attached hydrogens (primary N) is 1. The van der Waals surface area contributed by atoms with Crippen molar-refractivity contribution in [2.45, 2.75) is 38.1 Å². The van der Waals surface area contributed by atoms with E-state index in [4.69, 9.17) is 10.2 Å². The first-order chi connectivity index (χ1) is 10.2. The Bertz CT molecular complexity index is 691. The van der Waals surface area contributed by atoms with Gasteiger partial charge in [0, 0.05) is 23.7 Å². The summed E-state index contributed by atoms with van der Waals surface area (Å²) in [5, 5.41) is 0.901. The number of carbonyl (C=O) groups excluding carboxylic acids is 1. The average Bonchev–Trinajstić information content (AvgIpc) is 3.09. The summed E-state index contributed by atoms with van der Waals surface area (Å²) in [5.74, 6) is 1.18. The molecule has 0 bridgehead atoms. The van der Waals surface area contributed by atoms with Crippen molar-refractivity contribution < 1.29 is 9.21 Å². The minimum atomic E-state index is 0.0409. The maximum Gasteiger partial charge on any atom is 0.289 e. The van der Waals surface area contributed by atoms with Gasteiger partial charge >= 0.3 is 0 Å². The summed E-state index contributed by atoms with van der Waals surface area (Å²) in [6, 6.07) is 7.72. The maximum absolute atomic E-state index is 12.8. The Kier molecular flexibility index (Phi) is 2.91. The summed E-state index contributed by atoms with van der Waals surface area (Å²) in [6.45, 7) is 0.868. The highest BCUT2D eigenvalue weighted by Gasteiger charge is 2.39. The number of benzene rings is 1. The van der Waals surface area contributed by atoms with Crippen LogP contribution in [0.2, 0.25) is 0 Å². The van der Waals surface area contributed by atoms with Gasteiger partial charge in [-0.3, -0.25) is 4.79 Å². The molecule has 0 spiro atoms. The molecule has 4 rings (SSSR count). The Morgan fingerprint density at radius 2 is 2.05 bits per heavy atom. The van der Waals surface area contributed by atoms with E-state index in [0.29, 0.717) is 23.4 Å². The molecule has 0 radical (unpaired) electrons. The van der Waals surface area contributed by atoms with Crippen molar-refractivity contribution in [3.05, 3.63) is 30.0 Å². The van der Waals surface area contributed by atoms with Crippen LogP contribution in [0.3, 0.4) is 0 Å². The quantitative estimate of drug-likeness (QED) is 0.816. The summed E-state index contributed by atoms with van der Waals surface area (Å²) in [5.41, 5.74) is 7.20. The van der Waals surface area contributed by atoms with Gasteiger partial charge < -0.3 is 15.1 Å². The topological polar surface area (TPSA) is 59.5 Å². The summed E-state index contributed by atoms with van der Waals surface area (Å²) >= 11 is 0. The molecule has 2 aliphatic rings. The smallest absolute Gasteiger partial charge is 0.289 e. The molecular formula is C17H20N2O2. The third-order valence-corrected chi connectivity index (χ3v) is 5.02. The molecule has 1 amide bonds. The highest BCUT2D eigenvalue weighted by Crippen LogP contribution is 2.37. The van der Waals surface area contributed by atoms with Crippen LogP contribution in [0.15, 0.2) is 28.7 Å². The molecule has 2 fully saturated rings. The third-order valence-electron chi connectivity index (χ3n) is 5.02. The second kappa shape index (κ2) is 4.79. The van der Waals surface area contributed by atoms with Crippen molar-refractivity contribution in [1.29, 1.82) is 0 Å². The van der Waals surface area contributed by atoms with Gasteiger partial charge in [-0.05, 0) is 49.4 Å². The number of rotatable bonds is 1. The Labute approximate surface area is 123 Å². The van der Waals surface area contributed by atoms with Gasteiger partial charge in [0.25, 0.3) is 5.91 Å². The van der Waals surface area contributed by atoms with E-state index in [0.717, 1.165) is 30.4 Å². The van der Waals surface area contributed by atoms with Gasteiger partial charge in [0.05, 0.1) is 0 Å². The van der Waals surface area contributed by atoms with Crippen LogP contribution in [0.4, 0.5) is 5.69 Å². The van der Waals surface area contributed by atoms with Crippen LogP contribution < -0.4 is 5.73 Å². The molecule has 110 valence electrons. The van der Waals surface area contributed by atoms with Gasteiger partial charge in [0.2, 0.25) is 0 Å². The minimum absolute atomic E-state index is 0.0409. The minimum Gasteiger partial charge on any atom is -0.451 e. The molecule has 2 N–H and O–H groups in total. The lowest BCUT2D eigenvalue weighted by molar-refractivity contribution is 0.0660. The standard InChI is InChI=1S/C17H20N2O2/c18-13-5-6-15-12(9-13)10-16(21-15)17(20)19-8-7-11-3-1-2-4-14(11)19/h5-6,9-11,14H,1-4,7-8,18H2. The zero-order valence-corrected chi connectivity index (χ0v) is 12.0. The monoisotopic (exact) mass is 284 g/mol. The van der Waals surface area contributed by atoms with Crippen LogP contribution in [0.5, 0.6) is 0 Å². The molecule has 2 aromatic rings. The first-order valence-corrected chi connectivity index (χ1v) is 7.82. The molecule has 2 atom stereocenters. The van der Waals surface area contributed by atoms with Crippen molar-refractivity contribution in [3.8, 4) is 0 Å². The molecule has 1 aliphatic heterocycles. The third kappa shape index (κ3) is 2.09. The highest BCUT2D eigenvalue weighted by molar-refractivity contribution is 5.97. The van der Waals surface area contributed by atoms with Crippen LogP contribution >= 0.6 is 0 Å². The molecule has 1 aromatic carbocycles. The number of likely N-dealkylation sites (tertiary alicyclic amines) is 1. The van der Waals surface area contributed by atoms with Gasteiger partial charge in [-0.2, -0.15) is 0 Å². The van der Waals surface area contributed by atoms with Crippen molar-refractivity contribution in [2.75, 3.05) is 12.3 Å². The van der Waals surface area contributed by atoms with E-state index in [9.17, 15) is 4.79 Å². The maximum atomic E-state index is 12.8. The van der Waals surface area contributed by atoms with Gasteiger partial charge in [-0.15, -0.1) is 0 Å². The van der Waals surface area contributed by atoms with Gasteiger partial charge in [-0.25, -0.2) is 0 Å². The lowest BCUT2D eigenvalue weighted by Gasteiger charge is -2.31. The Balaban J connectivity index is 1.63. The van der Waals surface area contributed by atoms with E-state index in [2.05, 4.69) is 0 Å². The second-order valence-electron chi connectivity index (χ2n) is 6.31. The lowest BCUT2D eigenvalue weighted by Crippen LogP contribution is -2.39. The molecule has 2 unspecified atom stereocenters. The van der Waals surface area contributed by atoms with E-state index in [1.54, 1.807) is 6.07 Å². The molecule has 1 saturated heterocycles. The number of carbonyl (C=O) groups is 1. The zero-order valence-electron chi connectivity index (χ0n) is 12.0. The first kappa shape index (κ1) is 12.7. The Morgan fingerprint density at radius 3 is 2.95 bits per heavy atom. The van der Waals surface area contributed by atoms with Crippen LogP contribution in [-0.2, 0) is 0 Å². The number of hydrogen-bond donors (Lipinski definition) is 1. The summed E-state index contributed by atoms with van der Waals surface area (Å²) in [6.07, 6.45) is 6.10. The van der Waals surface area contributed by atoms with E-state index >= 15 is 0 Å². The largest absolute Gasteiger partial charge is 0.451 e. The number of fused-ring (bicyclic) bond motifs is 2. The molecule has 2 heterocycles. The number of nitrogen functional groups attached to an aromatic ring is 1. The molecule has 1 aliphatic carbocycles. The van der Waals surface area contributed by atoms with E-state index in [1.807, 2.05) is 23.1 Å². The fraction of sp³-hybridized carbons (Fsp3) is 0.471. The summed E-state index contributed by atoms with van der Waals surface area (Å²) in [4.78, 5) is 14.8. The average molecular weight is 284 g/mol. The van der Waals surface area contributed by atoms with Crippen LogP contribution in [0, 0.1) is 5.92 Å². The van der Waals surface area contributed by atoms with Crippen molar-refractivity contribution in [1.82, 2.24) is 4.90 Å². The van der Waals surface area contributed by atoms with Crippen LogP contribution in [-0.4, -0.2) is 23.4 Å². The van der Waals surface area contributed by atoms with E-state index in [-0.39, 0.29) is 5.91 Å². The number of nitrogens with zero attached hydrogens (tertiary/aromatic N) is 1. The van der Waals surface area contributed by atoms with Gasteiger partial charge in [0.15, 0.2) is 5.76 Å². The molecule has 1 aromatic heterocycles. The number of anilines is 1. The lowest BCUT2D eigenvalue weighted by atomic mass is 9.85. The normalized spacial score (nSPS) is 25.2. The summed E-state index contributed by atoms with van der Waals surface area (Å²) in [7, 11) is 0. The zero-order chi connectivity index (χ0) is 14.4. The molecule has 4 nitrogen and oxygen atoms in total. The fourth-order valence-electron chi connectivity index (χ4n) is 3.97. The van der Waals surface area contributed by atoms with E-state index < -0.39 is 0 Å². The van der Waals surface area contributed by atoms with Gasteiger partial charge in [0.1, 0.15) is 5.58 Å². The number of amides is 1. The summed E-state index contributed by atoms with van der Waals surface area (Å²) < 4.78 is 5.73. The molecule has 1 saturated carbocycles. The highest BCUT2D eigenvalue weighted by atomic mass is 16.3. The number of furan rings is 1. The Hall–Kier alpha value is -1.97.